The number of aromatic nitrogens is 3. The van der Waals surface area contributed by atoms with E-state index in [1.165, 1.54) is 0 Å². The van der Waals surface area contributed by atoms with Gasteiger partial charge in [0.1, 0.15) is 5.75 Å². The molecule has 0 aliphatic carbocycles. The van der Waals surface area contributed by atoms with Crippen LogP contribution in [0, 0.1) is 0 Å². The summed E-state index contributed by atoms with van der Waals surface area (Å²) in [5.74, 6) is 0.534. The van der Waals surface area contributed by atoms with Gasteiger partial charge in [-0.05, 0) is 35.9 Å². The average molecular weight is 322 g/mol. The molecule has 3 aromatic rings. The van der Waals surface area contributed by atoms with Crippen LogP contribution in [0.1, 0.15) is 10.4 Å². The van der Waals surface area contributed by atoms with Crippen molar-refractivity contribution in [1.82, 2.24) is 20.1 Å². The average Bonchev–Trinajstić information content (AvgIpc) is 3.11. The van der Waals surface area contributed by atoms with Gasteiger partial charge < -0.3 is 10.1 Å². The van der Waals surface area contributed by atoms with Crippen molar-refractivity contribution >= 4 is 5.91 Å². The zero-order chi connectivity index (χ0) is 16.8. The molecule has 2 heterocycles. The Labute approximate surface area is 140 Å². The first-order valence-electron chi connectivity index (χ1n) is 7.61. The Balaban J connectivity index is 1.55. The summed E-state index contributed by atoms with van der Waals surface area (Å²) < 4.78 is 6.93. The fraction of sp³-hybridized carbons (Fsp3) is 0.167. The smallest absolute Gasteiger partial charge is 0.251 e. The number of nitrogens with one attached hydrogen (secondary N) is 1. The lowest BCUT2D eigenvalue weighted by atomic mass is 10.1. The number of carbonyl (C=O) groups excluding carboxylic acids is 1. The molecule has 3 rings (SSSR count). The molecule has 1 aromatic carbocycles. The second kappa shape index (κ2) is 7.41. The highest BCUT2D eigenvalue weighted by atomic mass is 16.5. The van der Waals surface area contributed by atoms with Crippen molar-refractivity contribution in [3.63, 3.8) is 0 Å². The second-order valence-corrected chi connectivity index (χ2v) is 5.22. The van der Waals surface area contributed by atoms with Crippen LogP contribution in [0.5, 0.6) is 5.75 Å². The fourth-order valence-electron chi connectivity index (χ4n) is 2.33. The van der Waals surface area contributed by atoms with E-state index in [0.717, 1.165) is 11.1 Å². The monoisotopic (exact) mass is 322 g/mol. The molecule has 6 nitrogen and oxygen atoms in total. The second-order valence-electron chi connectivity index (χ2n) is 5.22. The van der Waals surface area contributed by atoms with E-state index in [-0.39, 0.29) is 5.91 Å². The molecule has 6 heteroatoms. The molecule has 0 radical (unpaired) electrons. The van der Waals surface area contributed by atoms with Gasteiger partial charge in [0.2, 0.25) is 0 Å². The predicted octanol–water partition coefficient (Wildman–Crippen LogP) is 2.38. The quantitative estimate of drug-likeness (QED) is 0.756. The number of amides is 1. The molecule has 1 N–H and O–H groups in total. The molecular weight excluding hydrogens is 304 g/mol. The van der Waals surface area contributed by atoms with E-state index in [1.807, 2.05) is 23.0 Å². The maximum atomic E-state index is 12.1. The van der Waals surface area contributed by atoms with Crippen LogP contribution in [0.15, 0.2) is 61.2 Å². The standard InChI is InChI=1S/C18H18N4O2/c1-24-17-4-2-3-15(11-17)18(23)20-9-10-22-13-16(12-21-22)14-5-7-19-8-6-14/h2-8,11-13H,9-10H2,1H3,(H,20,23). The molecule has 2 aromatic heterocycles. The Morgan fingerprint density at radius 2 is 2.04 bits per heavy atom. The van der Waals surface area contributed by atoms with E-state index < -0.39 is 0 Å². The lowest BCUT2D eigenvalue weighted by Gasteiger charge is -2.07. The molecule has 0 unspecified atom stereocenters. The number of nitrogens with zero attached hydrogens (tertiary/aromatic N) is 3. The molecule has 0 bridgehead atoms. The molecule has 0 saturated carbocycles. The summed E-state index contributed by atoms with van der Waals surface area (Å²) >= 11 is 0. The minimum Gasteiger partial charge on any atom is -0.497 e. The van der Waals surface area contributed by atoms with Crippen LogP contribution in [-0.2, 0) is 6.54 Å². The van der Waals surface area contributed by atoms with Crippen LogP contribution >= 0.6 is 0 Å². The molecule has 1 amide bonds. The Bertz CT molecular complexity index is 815. The fourth-order valence-corrected chi connectivity index (χ4v) is 2.33. The lowest BCUT2D eigenvalue weighted by molar-refractivity contribution is 0.0951. The van der Waals surface area contributed by atoms with Crippen LogP contribution < -0.4 is 10.1 Å². The highest BCUT2D eigenvalue weighted by Gasteiger charge is 2.06. The Hall–Kier alpha value is -3.15. The number of hydrogen-bond donors (Lipinski definition) is 1. The molecule has 0 aliphatic heterocycles. The number of pyridine rings is 1. The number of methoxy groups -OCH3 is 1. The van der Waals surface area contributed by atoms with Gasteiger partial charge in [0.15, 0.2) is 0 Å². The van der Waals surface area contributed by atoms with E-state index in [1.54, 1.807) is 50.0 Å². The van der Waals surface area contributed by atoms with E-state index in [4.69, 9.17) is 4.74 Å². The van der Waals surface area contributed by atoms with E-state index in [9.17, 15) is 4.79 Å². The summed E-state index contributed by atoms with van der Waals surface area (Å²) in [6.45, 7) is 1.09. The first kappa shape index (κ1) is 15.7. The van der Waals surface area contributed by atoms with Gasteiger partial charge in [0.25, 0.3) is 5.91 Å². The molecule has 122 valence electrons. The SMILES string of the molecule is COc1cccc(C(=O)NCCn2cc(-c3ccncc3)cn2)c1. The minimum absolute atomic E-state index is 0.129. The molecule has 0 atom stereocenters. The zero-order valence-corrected chi connectivity index (χ0v) is 13.3. The minimum atomic E-state index is -0.129. The van der Waals surface area contributed by atoms with Gasteiger partial charge in [-0.3, -0.25) is 14.5 Å². The van der Waals surface area contributed by atoms with Gasteiger partial charge in [0.05, 0.1) is 19.9 Å². The topological polar surface area (TPSA) is 69.0 Å². The summed E-state index contributed by atoms with van der Waals surface area (Å²) in [5, 5.41) is 7.20. The molecule has 24 heavy (non-hydrogen) atoms. The third kappa shape index (κ3) is 3.78. The van der Waals surface area contributed by atoms with E-state index in [0.29, 0.717) is 24.4 Å². The Kier molecular flexibility index (Phi) is 4.86. The van der Waals surface area contributed by atoms with Crippen molar-refractivity contribution in [1.29, 1.82) is 0 Å². The van der Waals surface area contributed by atoms with Gasteiger partial charge >= 0.3 is 0 Å². The highest BCUT2D eigenvalue weighted by Crippen LogP contribution is 2.16. The van der Waals surface area contributed by atoms with Gasteiger partial charge in [-0.1, -0.05) is 6.07 Å². The van der Waals surface area contributed by atoms with Crippen molar-refractivity contribution in [2.45, 2.75) is 6.54 Å². The number of benzene rings is 1. The third-order valence-corrected chi connectivity index (χ3v) is 3.61. The summed E-state index contributed by atoms with van der Waals surface area (Å²) in [6.07, 6.45) is 7.26. The van der Waals surface area contributed by atoms with Crippen LogP contribution in [0.4, 0.5) is 0 Å². The Morgan fingerprint density at radius 3 is 2.83 bits per heavy atom. The van der Waals surface area contributed by atoms with Crippen LogP contribution in [0.2, 0.25) is 0 Å². The van der Waals surface area contributed by atoms with Crippen molar-refractivity contribution < 1.29 is 9.53 Å². The molecule has 0 fully saturated rings. The van der Waals surface area contributed by atoms with Gasteiger partial charge in [-0.2, -0.15) is 5.10 Å². The number of ether oxygens (including phenoxy) is 1. The largest absolute Gasteiger partial charge is 0.497 e. The van der Waals surface area contributed by atoms with Crippen molar-refractivity contribution in [3.05, 3.63) is 66.7 Å². The predicted molar refractivity (Wildman–Crippen MR) is 90.8 cm³/mol. The lowest BCUT2D eigenvalue weighted by Crippen LogP contribution is -2.27. The number of hydrogen-bond acceptors (Lipinski definition) is 4. The molecule has 0 spiro atoms. The number of rotatable bonds is 6. The maximum Gasteiger partial charge on any atom is 0.251 e. The zero-order valence-electron chi connectivity index (χ0n) is 13.3. The summed E-state index contributed by atoms with van der Waals surface area (Å²) in [4.78, 5) is 16.1. The maximum absolute atomic E-state index is 12.1. The van der Waals surface area contributed by atoms with E-state index in [2.05, 4.69) is 15.4 Å². The van der Waals surface area contributed by atoms with Gasteiger partial charge in [0, 0.05) is 36.3 Å². The summed E-state index contributed by atoms with van der Waals surface area (Å²) in [7, 11) is 1.58. The third-order valence-electron chi connectivity index (χ3n) is 3.61. The van der Waals surface area contributed by atoms with Crippen molar-refractivity contribution in [2.75, 3.05) is 13.7 Å². The van der Waals surface area contributed by atoms with Crippen LogP contribution in [0.3, 0.4) is 0 Å². The van der Waals surface area contributed by atoms with Crippen LogP contribution in [-0.4, -0.2) is 34.3 Å². The first-order chi connectivity index (χ1) is 11.8. The number of carbonyl (C=O) groups is 1. The van der Waals surface area contributed by atoms with Crippen molar-refractivity contribution in [3.8, 4) is 16.9 Å². The van der Waals surface area contributed by atoms with Gasteiger partial charge in [-0.25, -0.2) is 0 Å². The van der Waals surface area contributed by atoms with Crippen molar-refractivity contribution in [2.24, 2.45) is 0 Å². The molecule has 0 saturated heterocycles. The molecule has 0 aliphatic rings. The summed E-state index contributed by atoms with van der Waals surface area (Å²) in [6, 6.07) is 10.9. The van der Waals surface area contributed by atoms with E-state index >= 15 is 0 Å². The first-order valence-corrected chi connectivity index (χ1v) is 7.61. The van der Waals surface area contributed by atoms with Gasteiger partial charge in [-0.15, -0.1) is 0 Å². The Morgan fingerprint density at radius 1 is 1.21 bits per heavy atom. The normalized spacial score (nSPS) is 10.4. The summed E-state index contributed by atoms with van der Waals surface area (Å²) in [5.41, 5.74) is 2.67. The highest BCUT2D eigenvalue weighted by molar-refractivity contribution is 5.94. The van der Waals surface area contributed by atoms with Crippen LogP contribution in [0.25, 0.3) is 11.1 Å². The molecular formula is C18H18N4O2.